The minimum Gasteiger partial charge on any atom is -0.454 e. The van der Waals surface area contributed by atoms with Gasteiger partial charge in [-0.25, -0.2) is 0 Å². The summed E-state index contributed by atoms with van der Waals surface area (Å²) >= 11 is 3.52. The number of hydrogen-bond donors (Lipinski definition) is 0. The number of aromatic nitrogens is 2. The molecule has 2 atom stereocenters. The number of amides is 1. The minimum absolute atomic E-state index is 0.0409. The number of hydrogen-bond acceptors (Lipinski definition) is 4. The van der Waals surface area contributed by atoms with Crippen molar-refractivity contribution in [1.82, 2.24) is 14.7 Å². The first-order chi connectivity index (χ1) is 11.3. The number of furan rings is 1. The van der Waals surface area contributed by atoms with Gasteiger partial charge < -0.3 is 14.1 Å². The summed E-state index contributed by atoms with van der Waals surface area (Å²) < 4.78 is 14.3. The van der Waals surface area contributed by atoms with Crippen LogP contribution in [0.25, 0.3) is 0 Å². The highest BCUT2D eigenvalue weighted by molar-refractivity contribution is 9.10. The van der Waals surface area contributed by atoms with Gasteiger partial charge in [0.1, 0.15) is 5.76 Å². The largest absolute Gasteiger partial charge is 0.454 e. The molecule has 1 amide bonds. The average molecular weight is 396 g/mol. The molecule has 0 N–H and O–H groups in total. The van der Waals surface area contributed by atoms with Crippen LogP contribution in [0.1, 0.15) is 41.6 Å². The van der Waals surface area contributed by atoms with Gasteiger partial charge in [0.05, 0.1) is 34.6 Å². The molecule has 1 fully saturated rings. The predicted octanol–water partition coefficient (Wildman–Crippen LogP) is 3.15. The number of carbonyl (C=O) groups excluding carboxylic acids is 1. The molecule has 2 aromatic rings. The van der Waals surface area contributed by atoms with E-state index < -0.39 is 0 Å². The molecule has 1 aliphatic heterocycles. The van der Waals surface area contributed by atoms with Crippen LogP contribution in [0.3, 0.4) is 0 Å². The van der Waals surface area contributed by atoms with Crippen LogP contribution in [0.4, 0.5) is 0 Å². The SMILES string of the molecule is Cc1nn(Cc2ccc(C(=O)N3C[C@@H](C)O[C@@H](C)C3)o2)c(C)c1Br. The second-order valence-electron chi connectivity index (χ2n) is 6.38. The molecule has 2 aromatic heterocycles. The molecule has 0 aromatic carbocycles. The number of rotatable bonds is 3. The normalized spacial score (nSPS) is 21.3. The van der Waals surface area contributed by atoms with E-state index in [4.69, 9.17) is 9.15 Å². The predicted molar refractivity (Wildman–Crippen MR) is 93.1 cm³/mol. The summed E-state index contributed by atoms with van der Waals surface area (Å²) in [6.45, 7) is 9.57. The molecule has 0 unspecified atom stereocenters. The molecule has 130 valence electrons. The van der Waals surface area contributed by atoms with Gasteiger partial charge >= 0.3 is 0 Å². The molecule has 1 aliphatic rings. The molecule has 0 spiro atoms. The quantitative estimate of drug-likeness (QED) is 0.800. The van der Waals surface area contributed by atoms with E-state index in [1.54, 1.807) is 11.0 Å². The third-order valence-electron chi connectivity index (χ3n) is 4.18. The van der Waals surface area contributed by atoms with Crippen LogP contribution in [0.2, 0.25) is 0 Å². The molecule has 3 rings (SSSR count). The molecule has 24 heavy (non-hydrogen) atoms. The maximum atomic E-state index is 12.6. The van der Waals surface area contributed by atoms with Crippen LogP contribution >= 0.6 is 15.9 Å². The van der Waals surface area contributed by atoms with Gasteiger partial charge in [0.2, 0.25) is 0 Å². The highest BCUT2D eigenvalue weighted by atomic mass is 79.9. The van der Waals surface area contributed by atoms with E-state index in [0.29, 0.717) is 31.2 Å². The summed E-state index contributed by atoms with van der Waals surface area (Å²) in [5, 5.41) is 4.47. The van der Waals surface area contributed by atoms with E-state index in [1.165, 1.54) is 0 Å². The van der Waals surface area contributed by atoms with Crippen molar-refractivity contribution in [2.45, 2.75) is 46.4 Å². The van der Waals surface area contributed by atoms with Crippen molar-refractivity contribution in [2.24, 2.45) is 0 Å². The first kappa shape index (κ1) is 17.2. The van der Waals surface area contributed by atoms with Crippen molar-refractivity contribution >= 4 is 21.8 Å². The summed E-state index contributed by atoms with van der Waals surface area (Å²) in [6.07, 6.45) is 0.0818. The number of nitrogens with zero attached hydrogens (tertiary/aromatic N) is 3. The Morgan fingerprint density at radius 1 is 1.29 bits per heavy atom. The number of carbonyl (C=O) groups is 1. The zero-order valence-corrected chi connectivity index (χ0v) is 16.0. The lowest BCUT2D eigenvalue weighted by atomic mass is 10.2. The molecule has 0 aliphatic carbocycles. The van der Waals surface area contributed by atoms with Gasteiger partial charge in [0, 0.05) is 13.1 Å². The Morgan fingerprint density at radius 3 is 2.54 bits per heavy atom. The molecule has 0 saturated carbocycles. The second-order valence-corrected chi connectivity index (χ2v) is 7.17. The standard InChI is InChI=1S/C17H22BrN3O3/c1-10-7-20(8-11(2)23-10)17(22)15-6-5-14(24-15)9-21-13(4)16(18)12(3)19-21/h5-6,10-11H,7-9H2,1-4H3/t10-,11+. The summed E-state index contributed by atoms with van der Waals surface area (Å²) in [5.41, 5.74) is 1.97. The van der Waals surface area contributed by atoms with E-state index in [0.717, 1.165) is 15.9 Å². The van der Waals surface area contributed by atoms with Gasteiger partial charge in [-0.15, -0.1) is 0 Å². The van der Waals surface area contributed by atoms with Crippen LogP contribution in [0, 0.1) is 13.8 Å². The monoisotopic (exact) mass is 395 g/mol. The summed E-state index contributed by atoms with van der Waals surface area (Å²) in [5.74, 6) is 0.996. The molecular weight excluding hydrogens is 374 g/mol. The van der Waals surface area contributed by atoms with Crippen molar-refractivity contribution in [2.75, 3.05) is 13.1 Å². The Balaban J connectivity index is 1.73. The molecule has 3 heterocycles. The Bertz CT molecular complexity index is 742. The van der Waals surface area contributed by atoms with Crippen LogP contribution in [0.5, 0.6) is 0 Å². The lowest BCUT2D eigenvalue weighted by Gasteiger charge is -2.34. The van der Waals surface area contributed by atoms with E-state index >= 15 is 0 Å². The number of ether oxygens (including phenoxy) is 1. The zero-order chi connectivity index (χ0) is 17.4. The zero-order valence-electron chi connectivity index (χ0n) is 14.4. The maximum Gasteiger partial charge on any atom is 0.289 e. The van der Waals surface area contributed by atoms with Crippen LogP contribution in [-0.2, 0) is 11.3 Å². The fraction of sp³-hybridized carbons (Fsp3) is 0.529. The molecule has 7 heteroatoms. The van der Waals surface area contributed by atoms with Crippen molar-refractivity contribution in [3.63, 3.8) is 0 Å². The Kier molecular flexibility index (Phi) is 4.83. The maximum absolute atomic E-state index is 12.6. The van der Waals surface area contributed by atoms with E-state index in [2.05, 4.69) is 21.0 Å². The fourth-order valence-electron chi connectivity index (χ4n) is 3.05. The van der Waals surface area contributed by atoms with Gasteiger partial charge in [0.25, 0.3) is 5.91 Å². The summed E-state index contributed by atoms with van der Waals surface area (Å²) in [7, 11) is 0. The minimum atomic E-state index is -0.0854. The first-order valence-electron chi connectivity index (χ1n) is 8.08. The summed E-state index contributed by atoms with van der Waals surface area (Å²) in [6, 6.07) is 3.58. The summed E-state index contributed by atoms with van der Waals surface area (Å²) in [4.78, 5) is 14.4. The smallest absolute Gasteiger partial charge is 0.289 e. The topological polar surface area (TPSA) is 60.5 Å². The van der Waals surface area contributed by atoms with Crippen LogP contribution in [0.15, 0.2) is 21.0 Å². The van der Waals surface area contributed by atoms with E-state index in [1.807, 2.05) is 38.4 Å². The van der Waals surface area contributed by atoms with Crippen LogP contribution in [-0.4, -0.2) is 45.9 Å². The van der Waals surface area contributed by atoms with Gasteiger partial charge in [-0.05, 0) is 55.8 Å². The van der Waals surface area contributed by atoms with Gasteiger partial charge in [0.15, 0.2) is 5.76 Å². The van der Waals surface area contributed by atoms with E-state index in [-0.39, 0.29) is 18.1 Å². The fourth-order valence-corrected chi connectivity index (χ4v) is 3.34. The Labute approximate surface area is 149 Å². The Hall–Kier alpha value is -1.60. The van der Waals surface area contributed by atoms with Gasteiger partial charge in [-0.3, -0.25) is 9.48 Å². The molecule has 0 radical (unpaired) electrons. The van der Waals surface area contributed by atoms with Crippen molar-refractivity contribution < 1.29 is 13.9 Å². The third kappa shape index (κ3) is 3.42. The van der Waals surface area contributed by atoms with Gasteiger partial charge in [-0.1, -0.05) is 0 Å². The number of morpholine rings is 1. The lowest BCUT2D eigenvalue weighted by Crippen LogP contribution is -2.48. The van der Waals surface area contributed by atoms with Crippen molar-refractivity contribution in [1.29, 1.82) is 0 Å². The first-order valence-corrected chi connectivity index (χ1v) is 8.87. The van der Waals surface area contributed by atoms with Crippen LogP contribution < -0.4 is 0 Å². The average Bonchev–Trinajstić information content (AvgIpc) is 3.07. The lowest BCUT2D eigenvalue weighted by molar-refractivity contribution is -0.0592. The number of aryl methyl sites for hydroxylation is 1. The highest BCUT2D eigenvalue weighted by Gasteiger charge is 2.28. The highest BCUT2D eigenvalue weighted by Crippen LogP contribution is 2.22. The number of halogens is 1. The van der Waals surface area contributed by atoms with Crippen molar-refractivity contribution in [3.8, 4) is 0 Å². The van der Waals surface area contributed by atoms with E-state index in [9.17, 15) is 4.79 Å². The molecule has 6 nitrogen and oxygen atoms in total. The Morgan fingerprint density at radius 2 is 1.96 bits per heavy atom. The van der Waals surface area contributed by atoms with Crippen molar-refractivity contribution in [3.05, 3.63) is 39.5 Å². The third-order valence-corrected chi connectivity index (χ3v) is 5.33. The van der Waals surface area contributed by atoms with Gasteiger partial charge in [-0.2, -0.15) is 5.10 Å². The molecule has 1 saturated heterocycles. The molecule has 0 bridgehead atoms. The molecular formula is C17H22BrN3O3. The second kappa shape index (κ2) is 6.72.